The lowest BCUT2D eigenvalue weighted by Crippen LogP contribution is -2.53. The molecule has 3 aliphatic carbocycles. The number of Topliss-reactive ketones (excluding diaryl/α,β-unsaturated/α-hetero) is 2. The highest BCUT2D eigenvalue weighted by Gasteiger charge is 2.52. The van der Waals surface area contributed by atoms with E-state index < -0.39 is 126 Å². The predicted octanol–water partition coefficient (Wildman–Crippen LogP) is -1.53. The van der Waals surface area contributed by atoms with Gasteiger partial charge in [0, 0.05) is 42.9 Å². The number of nitrogens with zero attached hydrogens (tertiary/aromatic N) is 1. The van der Waals surface area contributed by atoms with Gasteiger partial charge >= 0.3 is 0 Å². The molecule has 5 rings (SSSR count). The van der Waals surface area contributed by atoms with E-state index in [1.165, 1.54) is 25.3 Å². The van der Waals surface area contributed by atoms with Crippen molar-refractivity contribution in [1.82, 2.24) is 16.1 Å². The molecule has 0 bridgehead atoms. The first-order valence-corrected chi connectivity index (χ1v) is 16.7. The summed E-state index contributed by atoms with van der Waals surface area (Å²) in [5.41, 5.74) is 4.35. The van der Waals surface area contributed by atoms with Crippen LogP contribution in [0.4, 0.5) is 0 Å². The number of hydrazone groups is 1. The number of phenols is 2. The minimum absolute atomic E-state index is 0.0339. The van der Waals surface area contributed by atoms with Crippen molar-refractivity contribution in [2.45, 2.75) is 75.8 Å². The number of benzene rings is 1. The molecule has 4 unspecified atom stereocenters. The molecule has 1 aromatic rings. The Hall–Kier alpha value is -4.72. The Morgan fingerprint density at radius 3 is 2.40 bits per heavy atom. The van der Waals surface area contributed by atoms with Crippen LogP contribution in [0, 0.1) is 11.8 Å². The van der Waals surface area contributed by atoms with Crippen LogP contribution in [0.25, 0.3) is 0 Å². The van der Waals surface area contributed by atoms with E-state index >= 15 is 0 Å². The van der Waals surface area contributed by atoms with Gasteiger partial charge in [-0.25, -0.2) is 5.43 Å². The minimum Gasteiger partial charge on any atom is -0.507 e. The molecule has 3 amide bonds. The van der Waals surface area contributed by atoms with Gasteiger partial charge in [-0.3, -0.25) is 24.0 Å². The topological polar surface area (TPSA) is 289 Å². The second kappa shape index (κ2) is 15.5. The van der Waals surface area contributed by atoms with Gasteiger partial charge in [0.15, 0.2) is 17.9 Å². The smallest absolute Gasteiger partial charge is 0.259 e. The van der Waals surface area contributed by atoms with Gasteiger partial charge in [-0.15, -0.1) is 0 Å². The molecule has 18 heteroatoms. The number of methoxy groups -OCH3 is 1. The molecule has 1 saturated heterocycles. The number of fused-ring (bicyclic) bond motifs is 3. The summed E-state index contributed by atoms with van der Waals surface area (Å²) in [6, 6.07) is -0.788. The van der Waals surface area contributed by atoms with E-state index in [-0.39, 0.29) is 42.2 Å². The van der Waals surface area contributed by atoms with E-state index in [9.17, 15) is 49.5 Å². The van der Waals surface area contributed by atoms with E-state index in [2.05, 4.69) is 21.2 Å². The van der Waals surface area contributed by atoms with E-state index in [0.29, 0.717) is 0 Å². The van der Waals surface area contributed by atoms with Crippen LogP contribution < -0.4 is 21.8 Å². The quantitative estimate of drug-likeness (QED) is 0.0710. The summed E-state index contributed by atoms with van der Waals surface area (Å²) in [5.74, 6) is -6.64. The van der Waals surface area contributed by atoms with Gasteiger partial charge in [0.05, 0.1) is 73.8 Å². The summed E-state index contributed by atoms with van der Waals surface area (Å²) in [4.78, 5) is 63.7. The molecule has 0 radical (unpaired) electrons. The van der Waals surface area contributed by atoms with Gasteiger partial charge in [-0.1, -0.05) is 19.1 Å². The van der Waals surface area contributed by atoms with Crippen LogP contribution >= 0.6 is 0 Å². The fraction of sp³-hybridized carbons (Fsp3) is 0.529. The zero-order valence-corrected chi connectivity index (χ0v) is 28.7. The second-order valence-corrected chi connectivity index (χ2v) is 13.1. The maximum absolute atomic E-state index is 14.0. The van der Waals surface area contributed by atoms with Crippen LogP contribution in [0.15, 0.2) is 29.1 Å². The molecule has 282 valence electrons. The van der Waals surface area contributed by atoms with E-state index in [4.69, 9.17) is 19.9 Å². The van der Waals surface area contributed by atoms with Gasteiger partial charge in [0.25, 0.3) is 5.91 Å². The van der Waals surface area contributed by atoms with Crippen molar-refractivity contribution in [1.29, 1.82) is 0 Å². The molecule has 1 aliphatic heterocycles. The fourth-order valence-electron chi connectivity index (χ4n) is 6.98. The molecule has 52 heavy (non-hydrogen) atoms. The van der Waals surface area contributed by atoms with E-state index in [0.717, 1.165) is 0 Å². The normalized spacial score (nSPS) is 29.6. The number of aliphatic hydroxyl groups is 3. The molecular formula is C34H43N5O13. The first-order chi connectivity index (χ1) is 24.6. The zero-order valence-electron chi connectivity index (χ0n) is 28.7. The summed E-state index contributed by atoms with van der Waals surface area (Å²) in [6.45, 7) is 1.29. The Morgan fingerprint density at radius 2 is 1.75 bits per heavy atom. The molecule has 1 aromatic carbocycles. The summed E-state index contributed by atoms with van der Waals surface area (Å²) >= 11 is 0. The number of aromatic hydroxyl groups is 2. The first-order valence-electron chi connectivity index (χ1n) is 16.7. The molecule has 1 fully saturated rings. The average molecular weight is 730 g/mol. The maximum Gasteiger partial charge on any atom is 0.259 e. The summed E-state index contributed by atoms with van der Waals surface area (Å²) in [6.07, 6.45) is -0.738. The number of phenolic OH excluding ortho intramolecular Hbond substituents is 2. The van der Waals surface area contributed by atoms with Crippen molar-refractivity contribution in [3.63, 3.8) is 0 Å². The van der Waals surface area contributed by atoms with E-state index in [1.54, 1.807) is 13.8 Å². The van der Waals surface area contributed by atoms with Crippen LogP contribution in [-0.2, 0) is 35.0 Å². The van der Waals surface area contributed by atoms with Crippen molar-refractivity contribution in [3.8, 4) is 11.5 Å². The molecule has 18 nitrogen and oxygen atoms in total. The summed E-state index contributed by atoms with van der Waals surface area (Å²) < 4.78 is 17.4. The van der Waals surface area contributed by atoms with Crippen LogP contribution in [0.1, 0.15) is 71.1 Å². The number of amides is 3. The zero-order chi connectivity index (χ0) is 38.1. The van der Waals surface area contributed by atoms with Crippen molar-refractivity contribution < 1.29 is 63.7 Å². The molecule has 0 aromatic heterocycles. The van der Waals surface area contributed by atoms with Crippen molar-refractivity contribution in [2.24, 2.45) is 22.7 Å². The van der Waals surface area contributed by atoms with Crippen molar-refractivity contribution in [3.05, 3.63) is 46.2 Å². The number of aliphatic hydroxyl groups excluding tert-OH is 2. The van der Waals surface area contributed by atoms with Gasteiger partial charge in [0.1, 0.15) is 22.9 Å². The Bertz CT molecular complexity index is 1730. The SMILES string of the molecule is CCC(=O)NCC(=O)NCC(=O)NN=C(CO)[C@]1(O)Cc2c(O)c3c(c(O)c2[C@@H](OC2C[C@@H](N)[C@H](O)C(C)O2)C1)C(=O)C1C(OC)=CC=CC1C3=O. The number of ether oxygens (including phenoxy) is 3. The standard InChI is InChI=1S/C34H43N5O13/c1-4-21(41)36-11-22(42)37-12-23(43)39-38-20(13-40)34(49)9-16-26(19(10-34)52-24-8-17(35)29(44)14(2)51-24)33(48)28-27(31(16)46)30(45)15-6-5-7-18(50-3)25(15)32(28)47/h5-7,14-15,17,19,24-25,29,40,44,46,48-49H,4,8-13,35H2,1-3H3,(H,36,41)(H,37,42)(H,39,43)/t14?,15?,17-,19+,24?,25?,29-,34+/m1/s1. The predicted molar refractivity (Wildman–Crippen MR) is 179 cm³/mol. The van der Waals surface area contributed by atoms with E-state index in [1.807, 2.05) is 0 Å². The molecule has 0 spiro atoms. The third-order valence-electron chi connectivity index (χ3n) is 9.74. The molecular weight excluding hydrogens is 686 g/mol. The highest BCUT2D eigenvalue weighted by atomic mass is 16.7. The van der Waals surface area contributed by atoms with Crippen molar-refractivity contribution in [2.75, 3.05) is 26.8 Å². The number of rotatable bonds is 11. The van der Waals surface area contributed by atoms with Crippen LogP contribution in [-0.4, -0.2) is 117 Å². The van der Waals surface area contributed by atoms with Crippen molar-refractivity contribution >= 4 is 35.0 Å². The molecule has 8 atom stereocenters. The lowest BCUT2D eigenvalue weighted by molar-refractivity contribution is -0.245. The maximum atomic E-state index is 14.0. The van der Waals surface area contributed by atoms with Gasteiger partial charge in [-0.05, 0) is 13.0 Å². The molecule has 10 N–H and O–H groups in total. The van der Waals surface area contributed by atoms with Gasteiger partial charge in [-0.2, -0.15) is 5.10 Å². The highest BCUT2D eigenvalue weighted by molar-refractivity contribution is 6.20. The number of ketones is 2. The Morgan fingerprint density at radius 1 is 1.08 bits per heavy atom. The number of hydrogen-bond donors (Lipinski definition) is 9. The monoisotopic (exact) mass is 729 g/mol. The Balaban J connectivity index is 1.51. The van der Waals surface area contributed by atoms with Gasteiger partial charge in [0.2, 0.25) is 11.8 Å². The molecule has 0 saturated carbocycles. The number of nitrogens with two attached hydrogens (primary N) is 1. The number of nitrogens with one attached hydrogen (secondary N) is 3. The number of carbonyl (C=O) groups excluding carboxylic acids is 5. The van der Waals surface area contributed by atoms with Crippen LogP contribution in [0.5, 0.6) is 11.5 Å². The van der Waals surface area contributed by atoms with Gasteiger partial charge < -0.3 is 56.1 Å². The average Bonchev–Trinajstić information content (AvgIpc) is 3.11. The first kappa shape index (κ1) is 38.5. The Kier molecular flexibility index (Phi) is 11.5. The summed E-state index contributed by atoms with van der Waals surface area (Å²) in [5, 5.41) is 64.8. The van der Waals surface area contributed by atoms with Crippen LogP contribution in [0.3, 0.4) is 0 Å². The lowest BCUT2D eigenvalue weighted by atomic mass is 9.67. The second-order valence-electron chi connectivity index (χ2n) is 13.1. The third-order valence-corrected chi connectivity index (χ3v) is 9.74. The van der Waals surface area contributed by atoms with Crippen LogP contribution in [0.2, 0.25) is 0 Å². The number of hydrogen-bond acceptors (Lipinski definition) is 15. The lowest BCUT2D eigenvalue weighted by Gasteiger charge is -2.43. The Labute approximate surface area is 297 Å². The minimum atomic E-state index is -2.21. The largest absolute Gasteiger partial charge is 0.507 e. The third kappa shape index (κ3) is 7.30. The number of carbonyl (C=O) groups is 5. The number of allylic oxidation sites excluding steroid dienone is 4. The molecule has 4 aliphatic rings. The highest BCUT2D eigenvalue weighted by Crippen LogP contribution is 2.53. The molecule has 1 heterocycles. The summed E-state index contributed by atoms with van der Waals surface area (Å²) in [7, 11) is 1.34. The fourth-order valence-corrected chi connectivity index (χ4v) is 6.98.